The number of rotatable bonds is 11. The van der Waals surface area contributed by atoms with E-state index in [1.165, 1.54) is 5.57 Å². The molecule has 1 atom stereocenters. The molecule has 2 aromatic rings. The summed E-state index contributed by atoms with van der Waals surface area (Å²) in [6.07, 6.45) is 5.10. The van der Waals surface area contributed by atoms with Crippen LogP contribution in [0.15, 0.2) is 40.3 Å². The number of aromatic nitrogens is 2. The zero-order valence-electron chi connectivity index (χ0n) is 22.9. The highest BCUT2D eigenvalue weighted by molar-refractivity contribution is 5.91. The Morgan fingerprint density at radius 1 is 1.20 bits per heavy atom. The SMILES string of the molecule is CCNC(=O)c1nc(-c2ccc(C)c(C=C(CC(C)CC)C(ON=C(C)C)=C(C)CC)c2)c(C)[nH]1. The van der Waals surface area contributed by atoms with Crippen molar-refractivity contribution in [3.05, 3.63) is 57.7 Å². The average molecular weight is 479 g/mol. The third-order valence-corrected chi connectivity index (χ3v) is 6.11. The topological polar surface area (TPSA) is 79.4 Å². The lowest BCUT2D eigenvalue weighted by atomic mass is 9.92. The number of oxime groups is 1. The van der Waals surface area contributed by atoms with Crippen molar-refractivity contribution in [1.82, 2.24) is 15.3 Å². The first-order valence-corrected chi connectivity index (χ1v) is 12.7. The Kier molecular flexibility index (Phi) is 10.5. The monoisotopic (exact) mass is 478 g/mol. The lowest BCUT2D eigenvalue weighted by molar-refractivity contribution is 0.0946. The van der Waals surface area contributed by atoms with E-state index in [-0.39, 0.29) is 5.91 Å². The predicted molar refractivity (Wildman–Crippen MR) is 146 cm³/mol. The molecule has 0 aliphatic heterocycles. The maximum atomic E-state index is 12.3. The molecule has 0 bridgehead atoms. The molecule has 1 aromatic carbocycles. The van der Waals surface area contributed by atoms with E-state index in [0.29, 0.717) is 18.3 Å². The van der Waals surface area contributed by atoms with Gasteiger partial charge in [-0.15, -0.1) is 0 Å². The highest BCUT2D eigenvalue weighted by Gasteiger charge is 2.17. The standard InChI is InChI=1S/C29H42N4O2/c1-10-19(6)15-25(27(20(7)11-2)35-33-18(4)5)17-24-16-23(14-13-21(24)8)26-22(9)31-28(32-26)29(34)30-12-3/h13-14,16-17,19H,10-12,15H2,1-9H3,(H,30,34)(H,31,32). The van der Waals surface area contributed by atoms with E-state index < -0.39 is 0 Å². The van der Waals surface area contributed by atoms with Gasteiger partial charge in [-0.1, -0.05) is 44.5 Å². The molecule has 2 rings (SSSR count). The second-order valence-corrected chi connectivity index (χ2v) is 9.47. The fourth-order valence-corrected chi connectivity index (χ4v) is 3.67. The number of allylic oxidation sites excluding steroid dienone is 2. The molecule has 6 heteroatoms. The molecule has 0 aliphatic carbocycles. The molecule has 190 valence electrons. The van der Waals surface area contributed by atoms with Gasteiger partial charge >= 0.3 is 0 Å². The summed E-state index contributed by atoms with van der Waals surface area (Å²) in [6.45, 7) is 19.1. The van der Waals surface area contributed by atoms with Crippen molar-refractivity contribution in [2.75, 3.05) is 6.54 Å². The number of aromatic amines is 1. The van der Waals surface area contributed by atoms with E-state index in [1.807, 2.05) is 27.7 Å². The molecule has 1 unspecified atom stereocenters. The van der Waals surface area contributed by atoms with Gasteiger partial charge in [0.1, 0.15) is 0 Å². The summed E-state index contributed by atoms with van der Waals surface area (Å²) in [7, 11) is 0. The fraction of sp³-hybridized carbons (Fsp3) is 0.483. The summed E-state index contributed by atoms with van der Waals surface area (Å²) in [4.78, 5) is 26.0. The molecule has 0 saturated heterocycles. The lowest BCUT2D eigenvalue weighted by Gasteiger charge is -2.17. The smallest absolute Gasteiger partial charge is 0.287 e. The molecular weight excluding hydrogens is 436 g/mol. The molecule has 0 fully saturated rings. The number of imidazole rings is 1. The summed E-state index contributed by atoms with van der Waals surface area (Å²) in [5, 5.41) is 7.09. The van der Waals surface area contributed by atoms with Crippen molar-refractivity contribution >= 4 is 17.7 Å². The van der Waals surface area contributed by atoms with Crippen molar-refractivity contribution < 1.29 is 9.63 Å². The second-order valence-electron chi connectivity index (χ2n) is 9.47. The Morgan fingerprint density at radius 2 is 1.91 bits per heavy atom. The van der Waals surface area contributed by atoms with Crippen LogP contribution < -0.4 is 5.32 Å². The lowest BCUT2D eigenvalue weighted by Crippen LogP contribution is -2.23. The first kappa shape index (κ1) is 28.1. The number of nitrogens with one attached hydrogen (secondary N) is 2. The van der Waals surface area contributed by atoms with Gasteiger partial charge in [0.15, 0.2) is 11.6 Å². The number of carbonyl (C=O) groups is 1. The van der Waals surface area contributed by atoms with Gasteiger partial charge in [-0.2, -0.15) is 0 Å². The second kappa shape index (κ2) is 13.1. The van der Waals surface area contributed by atoms with Crippen LogP contribution in [0.3, 0.4) is 0 Å². The molecule has 6 nitrogen and oxygen atoms in total. The van der Waals surface area contributed by atoms with Crippen molar-refractivity contribution in [1.29, 1.82) is 0 Å². The first-order chi connectivity index (χ1) is 16.6. The van der Waals surface area contributed by atoms with Gasteiger partial charge in [0.25, 0.3) is 5.91 Å². The van der Waals surface area contributed by atoms with Crippen LogP contribution >= 0.6 is 0 Å². The average Bonchev–Trinajstić information content (AvgIpc) is 3.21. The minimum Gasteiger partial charge on any atom is -0.357 e. The van der Waals surface area contributed by atoms with Crippen molar-refractivity contribution in [3.8, 4) is 11.3 Å². The Balaban J connectivity index is 2.62. The van der Waals surface area contributed by atoms with Crippen LogP contribution in [0.1, 0.15) is 95.2 Å². The van der Waals surface area contributed by atoms with Crippen LogP contribution in [0, 0.1) is 19.8 Å². The molecular formula is C29H42N4O2. The van der Waals surface area contributed by atoms with Gasteiger partial charge in [-0.25, -0.2) is 4.98 Å². The van der Waals surface area contributed by atoms with Crippen molar-refractivity contribution in [3.63, 3.8) is 0 Å². The van der Waals surface area contributed by atoms with Crippen LogP contribution in [0.4, 0.5) is 0 Å². The molecule has 0 saturated carbocycles. The van der Waals surface area contributed by atoms with Crippen LogP contribution in [-0.2, 0) is 4.84 Å². The summed E-state index contributed by atoms with van der Waals surface area (Å²) in [5.74, 6) is 1.50. The van der Waals surface area contributed by atoms with E-state index in [0.717, 1.165) is 64.4 Å². The van der Waals surface area contributed by atoms with Crippen LogP contribution in [0.2, 0.25) is 0 Å². The Hall–Kier alpha value is -3.15. The predicted octanol–water partition coefficient (Wildman–Crippen LogP) is 7.36. The number of hydrogen-bond donors (Lipinski definition) is 2. The van der Waals surface area contributed by atoms with Crippen LogP contribution in [0.5, 0.6) is 0 Å². The zero-order chi connectivity index (χ0) is 26.1. The summed E-state index contributed by atoms with van der Waals surface area (Å²) in [5.41, 5.74) is 8.08. The maximum Gasteiger partial charge on any atom is 0.287 e. The molecule has 2 N–H and O–H groups in total. The molecule has 0 spiro atoms. The molecule has 35 heavy (non-hydrogen) atoms. The number of amides is 1. The summed E-state index contributed by atoms with van der Waals surface area (Å²) in [6, 6.07) is 6.30. The van der Waals surface area contributed by atoms with E-state index >= 15 is 0 Å². The number of carbonyl (C=O) groups excluding carboxylic acids is 1. The van der Waals surface area contributed by atoms with Gasteiger partial charge in [-0.05, 0) is 94.7 Å². The van der Waals surface area contributed by atoms with E-state index in [2.05, 4.69) is 79.3 Å². The minimum atomic E-state index is -0.196. The number of nitrogens with zero attached hydrogens (tertiary/aromatic N) is 2. The van der Waals surface area contributed by atoms with Gasteiger partial charge in [0.05, 0.1) is 11.4 Å². The quantitative estimate of drug-likeness (QED) is 0.153. The number of benzene rings is 1. The van der Waals surface area contributed by atoms with Gasteiger partial charge in [-0.3, -0.25) is 4.79 Å². The van der Waals surface area contributed by atoms with Crippen molar-refractivity contribution in [2.45, 2.75) is 81.6 Å². The van der Waals surface area contributed by atoms with Crippen LogP contribution in [-0.4, -0.2) is 28.1 Å². The molecule has 1 heterocycles. The highest BCUT2D eigenvalue weighted by atomic mass is 16.6. The van der Waals surface area contributed by atoms with Gasteiger partial charge in [0, 0.05) is 17.8 Å². The van der Waals surface area contributed by atoms with Gasteiger partial charge in [0.2, 0.25) is 0 Å². The molecule has 0 aliphatic rings. The molecule has 0 radical (unpaired) electrons. The normalized spacial score (nSPS) is 13.2. The molecule has 1 aromatic heterocycles. The van der Waals surface area contributed by atoms with Crippen LogP contribution in [0.25, 0.3) is 17.3 Å². The zero-order valence-corrected chi connectivity index (χ0v) is 22.9. The summed E-state index contributed by atoms with van der Waals surface area (Å²) < 4.78 is 0. The number of hydrogen-bond acceptors (Lipinski definition) is 4. The minimum absolute atomic E-state index is 0.196. The first-order valence-electron chi connectivity index (χ1n) is 12.7. The highest BCUT2D eigenvalue weighted by Crippen LogP contribution is 2.31. The van der Waals surface area contributed by atoms with Gasteiger partial charge < -0.3 is 15.1 Å². The van der Waals surface area contributed by atoms with Crippen molar-refractivity contribution in [2.24, 2.45) is 11.1 Å². The van der Waals surface area contributed by atoms with E-state index in [9.17, 15) is 4.79 Å². The Labute approximate surface area is 211 Å². The summed E-state index contributed by atoms with van der Waals surface area (Å²) >= 11 is 0. The maximum absolute atomic E-state index is 12.3. The third kappa shape index (κ3) is 7.67. The number of H-pyrrole nitrogens is 1. The van der Waals surface area contributed by atoms with E-state index in [1.54, 1.807) is 0 Å². The Bertz CT molecular complexity index is 1120. The Morgan fingerprint density at radius 3 is 2.51 bits per heavy atom. The third-order valence-electron chi connectivity index (χ3n) is 6.11. The number of aryl methyl sites for hydroxylation is 2. The van der Waals surface area contributed by atoms with E-state index in [4.69, 9.17) is 4.84 Å². The fourth-order valence-electron chi connectivity index (χ4n) is 3.67. The molecule has 1 amide bonds. The largest absolute Gasteiger partial charge is 0.357 e.